The Kier molecular flexibility index (Phi) is 6.80. The second-order valence-electron chi connectivity index (χ2n) is 8.49. The van der Waals surface area contributed by atoms with E-state index in [0.29, 0.717) is 55.2 Å². The van der Waals surface area contributed by atoms with Crippen molar-refractivity contribution in [3.05, 3.63) is 64.7 Å². The van der Waals surface area contributed by atoms with Gasteiger partial charge in [-0.1, -0.05) is 11.6 Å². The molecule has 2 aromatic carbocycles. The molecule has 6 nitrogen and oxygen atoms in total. The van der Waals surface area contributed by atoms with E-state index >= 15 is 0 Å². The van der Waals surface area contributed by atoms with Crippen LogP contribution < -0.4 is 4.90 Å². The summed E-state index contributed by atoms with van der Waals surface area (Å²) in [6, 6.07) is 14.6. The SMILES string of the molecule is CC(=O)c1ccc(N2CCN(C(=O)C3CCN(C(=O)c4ccc(Cl)cc4)CC3)CC2)cc1. The lowest BCUT2D eigenvalue weighted by molar-refractivity contribution is -0.137. The average Bonchev–Trinajstić information content (AvgIpc) is 2.84. The van der Waals surface area contributed by atoms with Gasteiger partial charge in [0.05, 0.1) is 0 Å². The van der Waals surface area contributed by atoms with E-state index in [0.717, 1.165) is 18.8 Å². The normalized spacial score (nSPS) is 17.4. The van der Waals surface area contributed by atoms with E-state index in [4.69, 9.17) is 11.6 Å². The molecule has 2 aliphatic heterocycles. The first-order valence-corrected chi connectivity index (χ1v) is 11.5. The van der Waals surface area contributed by atoms with Crippen LogP contribution in [0.5, 0.6) is 0 Å². The topological polar surface area (TPSA) is 60.9 Å². The number of nitrogens with zero attached hydrogens (tertiary/aromatic N) is 3. The zero-order valence-corrected chi connectivity index (χ0v) is 19.1. The maximum Gasteiger partial charge on any atom is 0.253 e. The van der Waals surface area contributed by atoms with Gasteiger partial charge in [0.25, 0.3) is 5.91 Å². The minimum Gasteiger partial charge on any atom is -0.368 e. The smallest absolute Gasteiger partial charge is 0.253 e. The molecule has 2 aromatic rings. The molecule has 0 aliphatic carbocycles. The number of rotatable bonds is 4. The van der Waals surface area contributed by atoms with Gasteiger partial charge in [-0.3, -0.25) is 14.4 Å². The summed E-state index contributed by atoms with van der Waals surface area (Å²) in [6.45, 7) is 5.70. The number of carbonyl (C=O) groups is 3. The lowest BCUT2D eigenvalue weighted by atomic mass is 9.94. The minimum atomic E-state index is -0.0225. The Bertz CT molecular complexity index is 974. The lowest BCUT2D eigenvalue weighted by Gasteiger charge is -2.39. The third kappa shape index (κ3) is 4.96. The first-order valence-electron chi connectivity index (χ1n) is 11.1. The number of benzene rings is 2. The maximum atomic E-state index is 13.1. The van der Waals surface area contributed by atoms with Crippen LogP contribution >= 0.6 is 11.6 Å². The summed E-state index contributed by atoms with van der Waals surface area (Å²) < 4.78 is 0. The second-order valence-corrected chi connectivity index (χ2v) is 8.93. The van der Waals surface area contributed by atoms with Crippen molar-refractivity contribution in [2.24, 2.45) is 5.92 Å². The van der Waals surface area contributed by atoms with Gasteiger partial charge in [0.1, 0.15) is 0 Å². The molecule has 168 valence electrons. The molecule has 0 bridgehead atoms. The monoisotopic (exact) mass is 453 g/mol. The fraction of sp³-hybridized carbons (Fsp3) is 0.400. The Balaban J connectivity index is 1.26. The number of hydrogen-bond acceptors (Lipinski definition) is 4. The van der Waals surface area contributed by atoms with Crippen molar-refractivity contribution < 1.29 is 14.4 Å². The van der Waals surface area contributed by atoms with Crippen LogP contribution in [0, 0.1) is 5.92 Å². The summed E-state index contributed by atoms with van der Waals surface area (Å²) >= 11 is 5.91. The number of anilines is 1. The number of hydrogen-bond donors (Lipinski definition) is 0. The van der Waals surface area contributed by atoms with Gasteiger partial charge in [-0.2, -0.15) is 0 Å². The van der Waals surface area contributed by atoms with E-state index in [2.05, 4.69) is 4.90 Å². The molecule has 2 heterocycles. The molecule has 2 amide bonds. The lowest BCUT2D eigenvalue weighted by Crippen LogP contribution is -2.52. The number of amides is 2. The van der Waals surface area contributed by atoms with Crippen LogP contribution in [0.3, 0.4) is 0 Å². The van der Waals surface area contributed by atoms with Crippen LogP contribution in [0.4, 0.5) is 5.69 Å². The van der Waals surface area contributed by atoms with Gasteiger partial charge >= 0.3 is 0 Å². The molecule has 0 unspecified atom stereocenters. The van der Waals surface area contributed by atoms with Crippen molar-refractivity contribution >= 4 is 34.9 Å². The highest BCUT2D eigenvalue weighted by atomic mass is 35.5. The number of Topliss-reactive ketones (excluding diaryl/α,β-unsaturated/α-hetero) is 1. The minimum absolute atomic E-state index is 0.00280. The number of likely N-dealkylation sites (tertiary alicyclic amines) is 1. The van der Waals surface area contributed by atoms with Crippen molar-refractivity contribution in [1.82, 2.24) is 9.80 Å². The fourth-order valence-corrected chi connectivity index (χ4v) is 4.58. The molecular weight excluding hydrogens is 426 g/mol. The van der Waals surface area contributed by atoms with Gasteiger partial charge < -0.3 is 14.7 Å². The predicted octanol–water partition coefficient (Wildman–Crippen LogP) is 3.74. The van der Waals surface area contributed by atoms with Gasteiger partial charge in [0.2, 0.25) is 5.91 Å². The van der Waals surface area contributed by atoms with Crippen molar-refractivity contribution in [2.75, 3.05) is 44.2 Å². The standard InChI is InChI=1S/C25H28ClN3O3/c1-18(30)19-4-8-23(9-5-19)27-14-16-29(17-15-27)25(32)21-10-12-28(13-11-21)24(31)20-2-6-22(26)7-3-20/h2-9,21H,10-17H2,1H3. The van der Waals surface area contributed by atoms with Gasteiger partial charge in [-0.15, -0.1) is 0 Å². The summed E-state index contributed by atoms with van der Waals surface area (Å²) in [5.41, 5.74) is 2.42. The van der Waals surface area contributed by atoms with Gasteiger partial charge in [-0.05, 0) is 68.3 Å². The predicted molar refractivity (Wildman–Crippen MR) is 125 cm³/mol. The summed E-state index contributed by atoms with van der Waals surface area (Å²) in [5.74, 6) is 0.241. The Morgan fingerprint density at radius 2 is 1.31 bits per heavy atom. The number of halogens is 1. The van der Waals surface area contributed by atoms with Crippen LogP contribution in [0.1, 0.15) is 40.5 Å². The quantitative estimate of drug-likeness (QED) is 0.661. The molecular formula is C25H28ClN3O3. The van der Waals surface area contributed by atoms with Crippen molar-refractivity contribution in [3.8, 4) is 0 Å². The number of piperidine rings is 1. The molecule has 0 aromatic heterocycles. The molecule has 2 aliphatic rings. The Morgan fingerprint density at radius 3 is 1.88 bits per heavy atom. The van der Waals surface area contributed by atoms with Crippen LogP contribution in [0.2, 0.25) is 5.02 Å². The number of ketones is 1. The van der Waals surface area contributed by atoms with Crippen molar-refractivity contribution in [3.63, 3.8) is 0 Å². The van der Waals surface area contributed by atoms with Crippen molar-refractivity contribution in [2.45, 2.75) is 19.8 Å². The Morgan fingerprint density at radius 1 is 0.750 bits per heavy atom. The second kappa shape index (κ2) is 9.74. The fourth-order valence-electron chi connectivity index (χ4n) is 4.45. The molecule has 4 rings (SSSR count). The number of piperazine rings is 1. The molecule has 0 saturated carbocycles. The molecule has 2 saturated heterocycles. The van der Waals surface area contributed by atoms with E-state index in [1.807, 2.05) is 34.1 Å². The maximum absolute atomic E-state index is 13.1. The van der Waals surface area contributed by atoms with E-state index < -0.39 is 0 Å². The molecule has 7 heteroatoms. The third-order valence-corrected chi connectivity index (χ3v) is 6.70. The average molecular weight is 454 g/mol. The van der Waals surface area contributed by atoms with E-state index in [1.54, 1.807) is 31.2 Å². The van der Waals surface area contributed by atoms with E-state index in [-0.39, 0.29) is 23.5 Å². The van der Waals surface area contributed by atoms with Gasteiger partial charge in [0, 0.05) is 67.0 Å². The third-order valence-electron chi connectivity index (χ3n) is 6.45. The van der Waals surface area contributed by atoms with Crippen LogP contribution in [-0.2, 0) is 4.79 Å². The first-order chi connectivity index (χ1) is 15.4. The Hall–Kier alpha value is -2.86. The summed E-state index contributed by atoms with van der Waals surface area (Å²) in [5, 5.41) is 0.610. The highest BCUT2D eigenvalue weighted by molar-refractivity contribution is 6.30. The molecule has 0 spiro atoms. The van der Waals surface area contributed by atoms with Crippen LogP contribution in [0.15, 0.2) is 48.5 Å². The zero-order chi connectivity index (χ0) is 22.7. The highest BCUT2D eigenvalue weighted by Gasteiger charge is 2.32. The first kappa shape index (κ1) is 22.3. The Labute approximate surface area is 193 Å². The molecule has 32 heavy (non-hydrogen) atoms. The zero-order valence-electron chi connectivity index (χ0n) is 18.3. The van der Waals surface area contributed by atoms with Crippen molar-refractivity contribution in [1.29, 1.82) is 0 Å². The van der Waals surface area contributed by atoms with E-state index in [9.17, 15) is 14.4 Å². The molecule has 2 fully saturated rings. The molecule has 0 radical (unpaired) electrons. The molecule has 0 N–H and O–H groups in total. The highest BCUT2D eigenvalue weighted by Crippen LogP contribution is 2.24. The van der Waals surface area contributed by atoms with Gasteiger partial charge in [-0.25, -0.2) is 0 Å². The van der Waals surface area contributed by atoms with Crippen LogP contribution in [-0.4, -0.2) is 66.7 Å². The summed E-state index contributed by atoms with van der Waals surface area (Å²) in [7, 11) is 0. The number of carbonyl (C=O) groups excluding carboxylic acids is 3. The summed E-state index contributed by atoms with van der Waals surface area (Å²) in [6.07, 6.45) is 1.40. The largest absolute Gasteiger partial charge is 0.368 e. The van der Waals surface area contributed by atoms with Crippen LogP contribution in [0.25, 0.3) is 0 Å². The van der Waals surface area contributed by atoms with E-state index in [1.165, 1.54) is 0 Å². The molecule has 0 atom stereocenters. The van der Waals surface area contributed by atoms with Gasteiger partial charge in [0.15, 0.2) is 5.78 Å². The summed E-state index contributed by atoms with van der Waals surface area (Å²) in [4.78, 5) is 43.2.